The monoisotopic (exact) mass is 382 g/mol. The lowest BCUT2D eigenvalue weighted by molar-refractivity contribution is -0.119. The number of rotatable bonds is 8. The molecule has 0 saturated carbocycles. The predicted octanol–water partition coefficient (Wildman–Crippen LogP) is 4.11. The van der Waals surface area contributed by atoms with Crippen molar-refractivity contribution in [3.05, 3.63) is 65.1 Å². The zero-order valence-electron chi connectivity index (χ0n) is 15.1. The van der Waals surface area contributed by atoms with Gasteiger partial charge in [-0.05, 0) is 55.5 Å². The molecule has 0 radical (unpaired) electrons. The van der Waals surface area contributed by atoms with E-state index in [9.17, 15) is 9.59 Å². The summed E-state index contributed by atoms with van der Waals surface area (Å²) in [6.07, 6.45) is 5.57. The highest BCUT2D eigenvalue weighted by Crippen LogP contribution is 2.18. The number of carbonyl (C=O) groups excluding carboxylic acids is 2. The van der Waals surface area contributed by atoms with E-state index < -0.39 is 6.04 Å². The molecule has 2 aromatic heterocycles. The minimum atomic E-state index is -0.421. The average Bonchev–Trinajstić information content (AvgIpc) is 3.35. The number of nitrogens with one attached hydrogen (secondary N) is 2. The van der Waals surface area contributed by atoms with Gasteiger partial charge in [-0.25, -0.2) is 0 Å². The van der Waals surface area contributed by atoms with Gasteiger partial charge in [-0.15, -0.1) is 11.3 Å². The molecule has 140 valence electrons. The molecule has 27 heavy (non-hydrogen) atoms. The molecular weight excluding hydrogens is 360 g/mol. The lowest BCUT2D eigenvalue weighted by Crippen LogP contribution is -2.24. The van der Waals surface area contributed by atoms with Crippen molar-refractivity contribution in [1.82, 2.24) is 9.78 Å². The molecular formula is C20H22N4O2S. The van der Waals surface area contributed by atoms with Gasteiger partial charge >= 0.3 is 0 Å². The highest BCUT2D eigenvalue weighted by Gasteiger charge is 2.15. The van der Waals surface area contributed by atoms with Gasteiger partial charge in [-0.2, -0.15) is 5.10 Å². The van der Waals surface area contributed by atoms with E-state index in [2.05, 4.69) is 21.8 Å². The molecule has 1 atom stereocenters. The normalized spacial score (nSPS) is 11.7. The molecule has 7 heteroatoms. The SMILES string of the molecule is C[C@@H](C(=O)Nc1cccc(NC(=O)CCCc2cccs2)c1)n1cccn1. The van der Waals surface area contributed by atoms with E-state index in [1.165, 1.54) is 4.88 Å². The summed E-state index contributed by atoms with van der Waals surface area (Å²) in [5.74, 6) is -0.196. The molecule has 1 aromatic carbocycles. The number of aryl methyl sites for hydroxylation is 1. The summed E-state index contributed by atoms with van der Waals surface area (Å²) in [5.41, 5.74) is 1.30. The van der Waals surface area contributed by atoms with Gasteiger partial charge in [0.25, 0.3) is 0 Å². The van der Waals surface area contributed by atoms with Crippen LogP contribution >= 0.6 is 11.3 Å². The second-order valence-corrected chi connectivity index (χ2v) is 7.25. The molecule has 3 rings (SSSR count). The minimum absolute atomic E-state index is 0.0278. The van der Waals surface area contributed by atoms with Crippen molar-refractivity contribution >= 4 is 34.5 Å². The molecule has 0 fully saturated rings. The van der Waals surface area contributed by atoms with Gasteiger partial charge in [0.2, 0.25) is 11.8 Å². The number of thiophene rings is 1. The van der Waals surface area contributed by atoms with Gasteiger partial charge in [0.1, 0.15) is 6.04 Å². The summed E-state index contributed by atoms with van der Waals surface area (Å²) >= 11 is 1.71. The summed E-state index contributed by atoms with van der Waals surface area (Å²) in [5, 5.41) is 11.9. The Kier molecular flexibility index (Phi) is 6.38. The van der Waals surface area contributed by atoms with Crippen LogP contribution in [0.2, 0.25) is 0 Å². The van der Waals surface area contributed by atoms with E-state index in [0.717, 1.165) is 12.8 Å². The molecule has 0 spiro atoms. The zero-order chi connectivity index (χ0) is 19.1. The molecule has 3 aromatic rings. The molecule has 2 amide bonds. The fourth-order valence-corrected chi connectivity index (χ4v) is 3.40. The Morgan fingerprint density at radius 1 is 1.15 bits per heavy atom. The molecule has 0 bridgehead atoms. The Labute approximate surface area is 162 Å². The lowest BCUT2D eigenvalue weighted by Gasteiger charge is -2.13. The van der Waals surface area contributed by atoms with Crippen LogP contribution in [0.1, 0.15) is 30.7 Å². The third kappa shape index (κ3) is 5.52. The first-order chi connectivity index (χ1) is 13.1. The number of nitrogens with zero attached hydrogens (tertiary/aromatic N) is 2. The van der Waals surface area contributed by atoms with Crippen LogP contribution in [-0.4, -0.2) is 21.6 Å². The molecule has 2 N–H and O–H groups in total. The maximum atomic E-state index is 12.3. The van der Waals surface area contributed by atoms with Crippen LogP contribution < -0.4 is 10.6 Å². The Bertz CT molecular complexity index is 875. The smallest absolute Gasteiger partial charge is 0.248 e. The Morgan fingerprint density at radius 3 is 2.67 bits per heavy atom. The number of benzene rings is 1. The fraction of sp³-hybridized carbons (Fsp3) is 0.250. The van der Waals surface area contributed by atoms with Gasteiger partial charge in [-0.1, -0.05) is 12.1 Å². The van der Waals surface area contributed by atoms with Crippen molar-refractivity contribution in [3.8, 4) is 0 Å². The van der Waals surface area contributed by atoms with Gasteiger partial charge in [0.15, 0.2) is 0 Å². The van der Waals surface area contributed by atoms with E-state index in [1.54, 1.807) is 59.6 Å². The molecule has 0 aliphatic heterocycles. The van der Waals surface area contributed by atoms with E-state index in [1.807, 2.05) is 17.5 Å². The molecule has 0 aliphatic carbocycles. The van der Waals surface area contributed by atoms with Crippen molar-refractivity contribution in [2.75, 3.05) is 10.6 Å². The highest BCUT2D eigenvalue weighted by molar-refractivity contribution is 7.09. The Morgan fingerprint density at radius 2 is 1.96 bits per heavy atom. The van der Waals surface area contributed by atoms with Crippen LogP contribution in [0.15, 0.2) is 60.2 Å². The molecule has 0 aliphatic rings. The summed E-state index contributed by atoms with van der Waals surface area (Å²) in [6, 6.07) is 12.6. The van der Waals surface area contributed by atoms with E-state index in [-0.39, 0.29) is 11.8 Å². The largest absolute Gasteiger partial charge is 0.326 e. The topological polar surface area (TPSA) is 76.0 Å². The van der Waals surface area contributed by atoms with Gasteiger partial charge in [0, 0.05) is 35.1 Å². The molecule has 0 saturated heterocycles. The Balaban J connectivity index is 1.50. The van der Waals surface area contributed by atoms with Crippen LogP contribution in [0.4, 0.5) is 11.4 Å². The molecule has 0 unspecified atom stereocenters. The number of hydrogen-bond acceptors (Lipinski definition) is 4. The number of hydrogen-bond donors (Lipinski definition) is 2. The first-order valence-corrected chi connectivity index (χ1v) is 9.72. The second-order valence-electron chi connectivity index (χ2n) is 6.21. The third-order valence-electron chi connectivity index (χ3n) is 4.12. The Hall–Kier alpha value is -2.93. The lowest BCUT2D eigenvalue weighted by atomic mass is 10.2. The summed E-state index contributed by atoms with van der Waals surface area (Å²) < 4.78 is 1.59. The van der Waals surface area contributed by atoms with Crippen LogP contribution in [0.5, 0.6) is 0 Å². The summed E-state index contributed by atoms with van der Waals surface area (Å²) in [4.78, 5) is 25.8. The highest BCUT2D eigenvalue weighted by atomic mass is 32.1. The predicted molar refractivity (Wildman–Crippen MR) is 108 cm³/mol. The average molecular weight is 382 g/mol. The van der Waals surface area contributed by atoms with Crippen molar-refractivity contribution in [2.24, 2.45) is 0 Å². The molecule has 2 heterocycles. The van der Waals surface area contributed by atoms with Crippen LogP contribution in [0, 0.1) is 0 Å². The van der Waals surface area contributed by atoms with E-state index >= 15 is 0 Å². The van der Waals surface area contributed by atoms with E-state index in [0.29, 0.717) is 17.8 Å². The fourth-order valence-electron chi connectivity index (χ4n) is 2.65. The van der Waals surface area contributed by atoms with Gasteiger partial charge in [-0.3, -0.25) is 14.3 Å². The maximum absolute atomic E-state index is 12.3. The van der Waals surface area contributed by atoms with Crippen LogP contribution in [0.25, 0.3) is 0 Å². The molecule has 6 nitrogen and oxygen atoms in total. The number of anilines is 2. The zero-order valence-corrected chi connectivity index (χ0v) is 15.9. The summed E-state index contributed by atoms with van der Waals surface area (Å²) in [6.45, 7) is 1.78. The van der Waals surface area contributed by atoms with Crippen LogP contribution in [-0.2, 0) is 16.0 Å². The third-order valence-corrected chi connectivity index (χ3v) is 5.06. The first-order valence-electron chi connectivity index (χ1n) is 8.84. The van der Waals surface area contributed by atoms with Crippen molar-refractivity contribution < 1.29 is 9.59 Å². The van der Waals surface area contributed by atoms with E-state index in [4.69, 9.17) is 0 Å². The standard InChI is InChI=1S/C20H22N4O2S/c1-15(24-12-5-11-21-24)20(26)23-17-7-2-6-16(14-17)22-19(25)10-3-8-18-9-4-13-27-18/h2,4-7,9,11-15H,3,8,10H2,1H3,(H,22,25)(H,23,26)/t15-/m0/s1. The first kappa shape index (κ1) is 18.8. The van der Waals surface area contributed by atoms with Gasteiger partial charge < -0.3 is 10.6 Å². The van der Waals surface area contributed by atoms with Crippen molar-refractivity contribution in [1.29, 1.82) is 0 Å². The number of amides is 2. The minimum Gasteiger partial charge on any atom is -0.326 e. The maximum Gasteiger partial charge on any atom is 0.248 e. The van der Waals surface area contributed by atoms with Crippen molar-refractivity contribution in [3.63, 3.8) is 0 Å². The van der Waals surface area contributed by atoms with Crippen LogP contribution in [0.3, 0.4) is 0 Å². The number of carbonyl (C=O) groups is 2. The van der Waals surface area contributed by atoms with Gasteiger partial charge in [0.05, 0.1) is 0 Å². The van der Waals surface area contributed by atoms with Crippen molar-refractivity contribution in [2.45, 2.75) is 32.2 Å². The summed E-state index contributed by atoms with van der Waals surface area (Å²) in [7, 11) is 0. The quantitative estimate of drug-likeness (QED) is 0.616. The number of aromatic nitrogens is 2. The second kappa shape index (κ2) is 9.14.